The molecule has 2 fully saturated rings. The Balaban J connectivity index is 1.47. The number of guanidine groups is 1. The third-order valence-electron chi connectivity index (χ3n) is 6.20. The van der Waals surface area contributed by atoms with Crippen molar-refractivity contribution in [3.8, 4) is 0 Å². The molecule has 0 bridgehead atoms. The van der Waals surface area contributed by atoms with Crippen LogP contribution >= 0.6 is 11.3 Å². The number of nitrogens with zero attached hydrogens (tertiary/aromatic N) is 3. The van der Waals surface area contributed by atoms with Gasteiger partial charge in [0.25, 0.3) is 0 Å². The third kappa shape index (κ3) is 6.16. The molecule has 1 aromatic heterocycles. The Labute approximate surface area is 179 Å². The van der Waals surface area contributed by atoms with Crippen molar-refractivity contribution in [2.24, 2.45) is 16.8 Å². The zero-order valence-corrected chi connectivity index (χ0v) is 19.4. The summed E-state index contributed by atoms with van der Waals surface area (Å²) in [7, 11) is 0.978. The summed E-state index contributed by atoms with van der Waals surface area (Å²) >= 11 is 1.85. The number of thiophene rings is 1. The highest BCUT2D eigenvalue weighted by atomic mass is 32.2. The summed E-state index contributed by atoms with van der Waals surface area (Å²) in [6.45, 7) is 4.12. The second kappa shape index (κ2) is 10.2. The largest absolute Gasteiger partial charge is 0.356 e. The average Bonchev–Trinajstić information content (AvgIpc) is 3.22. The average molecular weight is 442 g/mol. The van der Waals surface area contributed by atoms with Crippen molar-refractivity contribution in [1.29, 1.82) is 0 Å². The topological polar surface area (TPSA) is 77.0 Å². The molecule has 0 saturated carbocycles. The molecule has 2 atom stereocenters. The van der Waals surface area contributed by atoms with Crippen molar-refractivity contribution >= 4 is 27.3 Å². The van der Waals surface area contributed by atoms with Crippen LogP contribution in [0.25, 0.3) is 0 Å². The lowest BCUT2D eigenvalue weighted by Crippen LogP contribution is -2.47. The van der Waals surface area contributed by atoms with E-state index in [4.69, 9.17) is 0 Å². The number of rotatable bonds is 6. The van der Waals surface area contributed by atoms with Crippen molar-refractivity contribution in [3.05, 3.63) is 22.4 Å². The molecule has 3 heterocycles. The van der Waals surface area contributed by atoms with E-state index in [2.05, 4.69) is 45.1 Å². The van der Waals surface area contributed by atoms with E-state index in [9.17, 15) is 8.42 Å². The summed E-state index contributed by atoms with van der Waals surface area (Å²) in [5, 5.41) is 9.15. The number of sulfonamides is 1. The molecule has 164 valence electrons. The van der Waals surface area contributed by atoms with Crippen LogP contribution in [0.5, 0.6) is 0 Å². The molecule has 0 radical (unpaired) electrons. The predicted octanol–water partition coefficient (Wildman–Crippen LogP) is 1.97. The van der Waals surface area contributed by atoms with Gasteiger partial charge in [0.15, 0.2) is 5.96 Å². The second-order valence-electron chi connectivity index (χ2n) is 8.28. The van der Waals surface area contributed by atoms with Gasteiger partial charge >= 0.3 is 0 Å². The molecule has 0 aliphatic carbocycles. The predicted molar refractivity (Wildman–Crippen MR) is 121 cm³/mol. The van der Waals surface area contributed by atoms with Crippen LogP contribution in [0.1, 0.15) is 36.6 Å². The third-order valence-corrected chi connectivity index (χ3v) is 8.44. The maximum atomic E-state index is 11.7. The Morgan fingerprint density at radius 3 is 2.55 bits per heavy atom. The van der Waals surface area contributed by atoms with E-state index in [0.29, 0.717) is 31.0 Å². The van der Waals surface area contributed by atoms with Crippen LogP contribution in [0.4, 0.5) is 0 Å². The fourth-order valence-electron chi connectivity index (χ4n) is 4.52. The lowest BCUT2D eigenvalue weighted by Gasteiger charge is -2.39. The van der Waals surface area contributed by atoms with Gasteiger partial charge < -0.3 is 10.6 Å². The summed E-state index contributed by atoms with van der Waals surface area (Å²) in [6.07, 6.45) is 5.54. The van der Waals surface area contributed by atoms with Crippen molar-refractivity contribution in [3.63, 3.8) is 0 Å². The molecule has 2 aliphatic heterocycles. The Bertz CT molecular complexity index is 758. The maximum Gasteiger partial charge on any atom is 0.211 e. The van der Waals surface area contributed by atoms with Gasteiger partial charge in [0.2, 0.25) is 10.0 Å². The summed E-state index contributed by atoms with van der Waals surface area (Å²) in [4.78, 5) is 8.32. The molecule has 7 nitrogen and oxygen atoms in total. The highest BCUT2D eigenvalue weighted by Crippen LogP contribution is 2.36. The Morgan fingerprint density at radius 1 is 1.21 bits per heavy atom. The highest BCUT2D eigenvalue weighted by Gasteiger charge is 2.31. The summed E-state index contributed by atoms with van der Waals surface area (Å²) in [6, 6.07) is 4.86. The van der Waals surface area contributed by atoms with E-state index >= 15 is 0 Å². The van der Waals surface area contributed by atoms with E-state index in [1.165, 1.54) is 24.0 Å². The van der Waals surface area contributed by atoms with Crippen LogP contribution in [0.2, 0.25) is 0 Å². The van der Waals surface area contributed by atoms with Crippen LogP contribution < -0.4 is 10.6 Å². The fraction of sp³-hybridized carbons (Fsp3) is 0.750. The van der Waals surface area contributed by atoms with Gasteiger partial charge in [-0.05, 0) is 62.6 Å². The van der Waals surface area contributed by atoms with E-state index in [1.807, 2.05) is 18.4 Å². The zero-order chi connectivity index (χ0) is 20.9. The number of nitrogens with one attached hydrogen (secondary N) is 2. The number of hydrogen-bond acceptors (Lipinski definition) is 5. The molecule has 9 heteroatoms. The smallest absolute Gasteiger partial charge is 0.211 e. The van der Waals surface area contributed by atoms with Crippen LogP contribution in [0.15, 0.2) is 22.5 Å². The molecule has 2 aliphatic rings. The zero-order valence-electron chi connectivity index (χ0n) is 17.8. The van der Waals surface area contributed by atoms with Crippen LogP contribution in [-0.2, 0) is 10.0 Å². The number of hydrogen-bond donors (Lipinski definition) is 2. The second-order valence-corrected chi connectivity index (χ2v) is 11.2. The van der Waals surface area contributed by atoms with Crippen LogP contribution in [0.3, 0.4) is 0 Å². The van der Waals surface area contributed by atoms with E-state index in [1.54, 1.807) is 4.31 Å². The molecule has 2 unspecified atom stereocenters. The Morgan fingerprint density at radius 2 is 1.93 bits per heavy atom. The van der Waals surface area contributed by atoms with E-state index < -0.39 is 10.0 Å². The minimum absolute atomic E-state index is 0.467. The maximum absolute atomic E-state index is 11.7. The van der Waals surface area contributed by atoms with Gasteiger partial charge in [0, 0.05) is 44.1 Å². The first kappa shape index (κ1) is 22.5. The summed E-state index contributed by atoms with van der Waals surface area (Å²) in [5.74, 6) is 1.88. The Hall–Kier alpha value is -1.16. The first-order valence-electron chi connectivity index (χ1n) is 10.5. The van der Waals surface area contributed by atoms with Gasteiger partial charge in [-0.1, -0.05) is 6.07 Å². The minimum Gasteiger partial charge on any atom is -0.356 e. The first-order chi connectivity index (χ1) is 13.9. The molecular weight excluding hydrogens is 406 g/mol. The van der Waals surface area contributed by atoms with E-state index in [0.717, 1.165) is 38.4 Å². The summed E-state index contributed by atoms with van der Waals surface area (Å²) in [5.41, 5.74) is 0. The van der Waals surface area contributed by atoms with Gasteiger partial charge in [-0.25, -0.2) is 12.7 Å². The first-order valence-corrected chi connectivity index (χ1v) is 13.2. The summed E-state index contributed by atoms with van der Waals surface area (Å²) < 4.78 is 24.9. The SMILES string of the molecule is CN=C(NCC1CCN(S(C)(=O)=O)CC1)NCC1CCCN(C)C1c1cccs1. The van der Waals surface area contributed by atoms with E-state index in [-0.39, 0.29) is 0 Å². The van der Waals surface area contributed by atoms with Crippen molar-refractivity contribution < 1.29 is 8.42 Å². The normalized spacial score (nSPS) is 25.8. The standard InChI is InChI=1S/C20H35N5O2S2/c1-21-20(22-14-16-8-11-25(12-9-16)29(3,26)27)23-15-17-6-4-10-24(2)19(17)18-7-5-13-28-18/h5,7,13,16-17,19H,4,6,8-12,14-15H2,1-3H3,(H2,21,22,23). The monoisotopic (exact) mass is 441 g/mol. The molecular formula is C20H35N5O2S2. The lowest BCUT2D eigenvalue weighted by atomic mass is 9.88. The minimum atomic E-state index is -3.06. The number of piperidine rings is 2. The number of aliphatic imine (C=N–C) groups is 1. The molecule has 0 aromatic carbocycles. The molecule has 2 saturated heterocycles. The molecule has 0 spiro atoms. The van der Waals surface area contributed by atoms with Crippen molar-refractivity contribution in [1.82, 2.24) is 19.8 Å². The molecule has 29 heavy (non-hydrogen) atoms. The lowest BCUT2D eigenvalue weighted by molar-refractivity contribution is 0.125. The van der Waals surface area contributed by atoms with Crippen LogP contribution in [0, 0.1) is 11.8 Å². The van der Waals surface area contributed by atoms with Gasteiger partial charge in [-0.15, -0.1) is 11.3 Å². The molecule has 3 rings (SSSR count). The van der Waals surface area contributed by atoms with Gasteiger partial charge in [-0.2, -0.15) is 0 Å². The van der Waals surface area contributed by atoms with Crippen molar-refractivity contribution in [2.75, 3.05) is 53.1 Å². The van der Waals surface area contributed by atoms with Gasteiger partial charge in [0.1, 0.15) is 0 Å². The Kier molecular flexibility index (Phi) is 7.95. The quantitative estimate of drug-likeness (QED) is 0.521. The van der Waals surface area contributed by atoms with Crippen molar-refractivity contribution in [2.45, 2.75) is 31.7 Å². The number of likely N-dealkylation sites (tertiary alicyclic amines) is 1. The molecule has 2 N–H and O–H groups in total. The van der Waals surface area contributed by atoms with Crippen LogP contribution in [-0.4, -0.2) is 76.7 Å². The van der Waals surface area contributed by atoms with Gasteiger partial charge in [-0.3, -0.25) is 9.89 Å². The molecule has 1 aromatic rings. The van der Waals surface area contributed by atoms with Gasteiger partial charge in [0.05, 0.1) is 6.26 Å². The highest BCUT2D eigenvalue weighted by molar-refractivity contribution is 7.88. The fourth-order valence-corrected chi connectivity index (χ4v) is 6.37. The molecule has 0 amide bonds.